The summed E-state index contributed by atoms with van der Waals surface area (Å²) in [7, 11) is 0. The molecule has 4 aromatic carbocycles. The molecular formula is C38H36Cl2N8O5. The summed E-state index contributed by atoms with van der Waals surface area (Å²) in [6, 6.07) is 28.8. The Morgan fingerprint density at radius 3 is 1.62 bits per heavy atom. The van der Waals surface area contributed by atoms with Crippen LogP contribution < -0.4 is 29.7 Å². The molecule has 7 rings (SSSR count). The van der Waals surface area contributed by atoms with Crippen LogP contribution in [0, 0.1) is 0 Å². The van der Waals surface area contributed by atoms with Gasteiger partial charge in [0.05, 0.1) is 35.3 Å². The van der Waals surface area contributed by atoms with Crippen LogP contribution in [0.4, 0.5) is 26.9 Å². The van der Waals surface area contributed by atoms with Crippen LogP contribution in [0.3, 0.4) is 0 Å². The molecule has 6 aromatic rings. The molecule has 0 atom stereocenters. The standard InChI is InChI=1S/C21H21Cl2N5O2.C17H15N3O3/c1-2-30-20-19(24-17-5-3-4-6-18(17)25-20)26-21(29)28-9-7-27(8-10-28)16-12-14(22)11-15(23)13-16;1-2-22-16-15(18-13-10-6-7-11-14(13)19-16)20-17(21)23-12-8-4-3-5-9-12/h3-6,11-13H,2,7-10H2,1H3,(H,24,26,29);3-11H,2H2,1H3,(H,18,20,21). The molecule has 1 aliphatic heterocycles. The van der Waals surface area contributed by atoms with E-state index in [1.165, 1.54) is 0 Å². The molecule has 0 unspecified atom stereocenters. The van der Waals surface area contributed by atoms with E-state index in [4.69, 9.17) is 37.4 Å². The molecule has 0 bridgehead atoms. The Hall–Kier alpha value is -5.92. The zero-order valence-corrected chi connectivity index (χ0v) is 30.5. The summed E-state index contributed by atoms with van der Waals surface area (Å²) in [6.45, 7) is 7.00. The number of anilines is 3. The molecule has 15 heteroatoms. The third-order valence-corrected chi connectivity index (χ3v) is 8.25. The molecule has 53 heavy (non-hydrogen) atoms. The lowest BCUT2D eigenvalue weighted by Crippen LogP contribution is -2.50. The predicted octanol–water partition coefficient (Wildman–Crippen LogP) is 8.33. The van der Waals surface area contributed by atoms with Gasteiger partial charge >= 0.3 is 12.1 Å². The minimum absolute atomic E-state index is 0.228. The maximum absolute atomic E-state index is 12.8. The lowest BCUT2D eigenvalue weighted by atomic mass is 10.2. The Balaban J connectivity index is 0.000000188. The number of para-hydroxylation sites is 5. The average Bonchev–Trinajstić information content (AvgIpc) is 3.16. The van der Waals surface area contributed by atoms with Crippen molar-refractivity contribution in [3.8, 4) is 17.5 Å². The third-order valence-electron chi connectivity index (χ3n) is 7.82. The predicted molar refractivity (Wildman–Crippen MR) is 207 cm³/mol. The summed E-state index contributed by atoms with van der Waals surface area (Å²) in [6.07, 6.45) is -0.651. The van der Waals surface area contributed by atoms with Crippen molar-refractivity contribution in [2.75, 3.05) is 54.9 Å². The van der Waals surface area contributed by atoms with E-state index in [0.717, 1.165) is 5.69 Å². The van der Waals surface area contributed by atoms with Gasteiger partial charge in [-0.2, -0.15) is 0 Å². The minimum atomic E-state index is -0.651. The molecule has 0 radical (unpaired) electrons. The number of piperazine rings is 1. The van der Waals surface area contributed by atoms with E-state index >= 15 is 0 Å². The van der Waals surface area contributed by atoms with E-state index < -0.39 is 6.09 Å². The molecule has 1 aliphatic rings. The van der Waals surface area contributed by atoms with Crippen molar-refractivity contribution in [3.63, 3.8) is 0 Å². The van der Waals surface area contributed by atoms with Crippen LogP contribution >= 0.6 is 23.2 Å². The Kier molecular flexibility index (Phi) is 12.2. The largest absolute Gasteiger partial charge is 0.475 e. The summed E-state index contributed by atoms with van der Waals surface area (Å²) in [5, 5.41) is 6.62. The molecule has 13 nitrogen and oxygen atoms in total. The number of carbonyl (C=O) groups excluding carboxylic acids is 2. The second kappa shape index (κ2) is 17.5. The van der Waals surface area contributed by atoms with Gasteiger partial charge in [0.15, 0.2) is 11.6 Å². The van der Waals surface area contributed by atoms with Gasteiger partial charge in [-0.15, -0.1) is 0 Å². The number of halogens is 2. The normalized spacial score (nSPS) is 12.5. The molecule has 1 fully saturated rings. The van der Waals surface area contributed by atoms with E-state index in [0.29, 0.717) is 89.0 Å². The number of urea groups is 1. The third kappa shape index (κ3) is 9.70. The molecule has 0 saturated carbocycles. The van der Waals surface area contributed by atoms with Crippen LogP contribution in [0.25, 0.3) is 22.1 Å². The van der Waals surface area contributed by atoms with E-state index in [-0.39, 0.29) is 17.7 Å². The number of hydrogen-bond acceptors (Lipinski definition) is 10. The van der Waals surface area contributed by atoms with Gasteiger partial charge in [0.25, 0.3) is 11.8 Å². The molecule has 3 heterocycles. The summed E-state index contributed by atoms with van der Waals surface area (Å²) >= 11 is 12.2. The van der Waals surface area contributed by atoms with Crippen LogP contribution in [-0.2, 0) is 0 Å². The molecule has 3 amide bonds. The number of amides is 3. The Labute approximate surface area is 315 Å². The van der Waals surface area contributed by atoms with Crippen LogP contribution in [0.1, 0.15) is 13.8 Å². The molecule has 2 N–H and O–H groups in total. The smallest absolute Gasteiger partial charge is 0.418 e. The van der Waals surface area contributed by atoms with Gasteiger partial charge in [0.1, 0.15) is 5.75 Å². The fourth-order valence-electron chi connectivity index (χ4n) is 5.39. The molecular weight excluding hydrogens is 719 g/mol. The van der Waals surface area contributed by atoms with Gasteiger partial charge < -0.3 is 24.0 Å². The number of aromatic nitrogens is 4. The maximum Gasteiger partial charge on any atom is 0.418 e. The number of nitrogens with one attached hydrogen (secondary N) is 2. The summed E-state index contributed by atoms with van der Waals surface area (Å²) < 4.78 is 16.2. The van der Waals surface area contributed by atoms with Gasteiger partial charge in [-0.3, -0.25) is 10.6 Å². The zero-order chi connectivity index (χ0) is 37.2. The first-order valence-corrected chi connectivity index (χ1v) is 17.6. The van der Waals surface area contributed by atoms with Gasteiger partial charge in [-0.1, -0.05) is 65.7 Å². The van der Waals surface area contributed by atoms with Crippen LogP contribution in [0.5, 0.6) is 17.5 Å². The van der Waals surface area contributed by atoms with Gasteiger partial charge in [0, 0.05) is 41.9 Å². The number of ether oxygens (including phenoxy) is 3. The highest BCUT2D eigenvalue weighted by atomic mass is 35.5. The molecule has 272 valence electrons. The second-order valence-corrected chi connectivity index (χ2v) is 12.3. The lowest BCUT2D eigenvalue weighted by Gasteiger charge is -2.36. The Bertz CT molecular complexity index is 2180. The SMILES string of the molecule is CCOc1nc2ccccc2nc1NC(=O)N1CCN(c2cc(Cl)cc(Cl)c2)CC1.CCOc1nc2ccccc2nc1NC(=O)Oc1ccccc1. The van der Waals surface area contributed by atoms with Crippen molar-refractivity contribution < 1.29 is 23.8 Å². The van der Waals surface area contributed by atoms with Crippen molar-refractivity contribution in [2.24, 2.45) is 0 Å². The fourth-order valence-corrected chi connectivity index (χ4v) is 5.91. The molecule has 1 saturated heterocycles. The highest BCUT2D eigenvalue weighted by molar-refractivity contribution is 6.35. The van der Waals surface area contributed by atoms with E-state index in [1.807, 2.05) is 80.6 Å². The van der Waals surface area contributed by atoms with E-state index in [1.54, 1.807) is 35.2 Å². The summed E-state index contributed by atoms with van der Waals surface area (Å²) in [5.41, 5.74) is 3.71. The maximum atomic E-state index is 12.8. The van der Waals surface area contributed by atoms with Gasteiger partial charge in [-0.25, -0.2) is 29.5 Å². The van der Waals surface area contributed by atoms with Crippen molar-refractivity contribution in [1.29, 1.82) is 0 Å². The minimum Gasteiger partial charge on any atom is -0.475 e. The van der Waals surface area contributed by atoms with Gasteiger partial charge in [0.2, 0.25) is 0 Å². The highest BCUT2D eigenvalue weighted by Crippen LogP contribution is 2.28. The number of carbonyl (C=O) groups is 2. The molecule has 2 aromatic heterocycles. The zero-order valence-electron chi connectivity index (χ0n) is 29.0. The van der Waals surface area contributed by atoms with Crippen LogP contribution in [0.15, 0.2) is 97.1 Å². The first-order chi connectivity index (χ1) is 25.8. The first-order valence-electron chi connectivity index (χ1n) is 16.9. The number of rotatable bonds is 8. The van der Waals surface area contributed by atoms with Crippen molar-refractivity contribution >= 4 is 74.7 Å². The van der Waals surface area contributed by atoms with Crippen molar-refractivity contribution in [2.45, 2.75) is 13.8 Å². The molecule has 0 aliphatic carbocycles. The quantitative estimate of drug-likeness (QED) is 0.156. The lowest BCUT2D eigenvalue weighted by molar-refractivity contribution is 0.207. The van der Waals surface area contributed by atoms with E-state index in [9.17, 15) is 9.59 Å². The van der Waals surface area contributed by atoms with Crippen molar-refractivity contribution in [3.05, 3.63) is 107 Å². The van der Waals surface area contributed by atoms with E-state index in [2.05, 4.69) is 35.5 Å². The van der Waals surface area contributed by atoms with Crippen LogP contribution in [0.2, 0.25) is 10.0 Å². The Morgan fingerprint density at radius 2 is 1.11 bits per heavy atom. The monoisotopic (exact) mass is 754 g/mol. The highest BCUT2D eigenvalue weighted by Gasteiger charge is 2.24. The summed E-state index contributed by atoms with van der Waals surface area (Å²) in [4.78, 5) is 46.5. The molecule has 0 spiro atoms. The number of nitrogens with zero attached hydrogens (tertiary/aromatic N) is 6. The second-order valence-electron chi connectivity index (χ2n) is 11.5. The number of benzene rings is 4. The van der Waals surface area contributed by atoms with Crippen LogP contribution in [-0.4, -0.2) is 76.4 Å². The number of fused-ring (bicyclic) bond motifs is 2. The summed E-state index contributed by atoms with van der Waals surface area (Å²) in [5.74, 6) is 1.57. The first kappa shape index (κ1) is 36.9. The van der Waals surface area contributed by atoms with Gasteiger partial charge in [-0.05, 0) is 68.4 Å². The fraction of sp³-hybridized carbons (Fsp3) is 0.211. The van der Waals surface area contributed by atoms with Crippen molar-refractivity contribution in [1.82, 2.24) is 24.8 Å². The topological polar surface area (TPSA) is 144 Å². The average molecular weight is 756 g/mol. The number of hydrogen-bond donors (Lipinski definition) is 2. The Morgan fingerprint density at radius 1 is 0.642 bits per heavy atom.